The van der Waals surface area contributed by atoms with E-state index in [1.807, 2.05) is 11.8 Å². The third-order valence-corrected chi connectivity index (χ3v) is 4.27. The zero-order chi connectivity index (χ0) is 15.1. The molecule has 6 heteroatoms. The van der Waals surface area contributed by atoms with Gasteiger partial charge in [0.25, 0.3) is 0 Å². The Balaban J connectivity index is 1.70. The standard InChI is InChI=1S/C15H28N4O2/c1-2-5-17-14(20)12-18-7-9-19(10-8-18)15(21)13-4-3-6-16-11-13/h13,16H,2-12H2,1H3,(H,17,20). The highest BCUT2D eigenvalue weighted by atomic mass is 16.2. The van der Waals surface area contributed by atoms with E-state index >= 15 is 0 Å². The van der Waals surface area contributed by atoms with Crippen molar-refractivity contribution in [3.8, 4) is 0 Å². The third kappa shape index (κ3) is 4.97. The summed E-state index contributed by atoms with van der Waals surface area (Å²) in [5.41, 5.74) is 0. The van der Waals surface area contributed by atoms with Crippen LogP contribution < -0.4 is 10.6 Å². The Morgan fingerprint density at radius 3 is 2.62 bits per heavy atom. The molecule has 2 aliphatic rings. The number of carbonyl (C=O) groups is 2. The van der Waals surface area contributed by atoms with Crippen LogP contribution in [-0.2, 0) is 9.59 Å². The van der Waals surface area contributed by atoms with Crippen LogP contribution >= 0.6 is 0 Å². The van der Waals surface area contributed by atoms with E-state index in [-0.39, 0.29) is 17.7 Å². The van der Waals surface area contributed by atoms with Crippen molar-refractivity contribution < 1.29 is 9.59 Å². The number of piperidine rings is 1. The predicted octanol–water partition coefficient (Wildman–Crippen LogP) is -0.344. The summed E-state index contributed by atoms with van der Waals surface area (Å²) in [7, 11) is 0. The van der Waals surface area contributed by atoms with Crippen LogP contribution in [0.25, 0.3) is 0 Å². The number of rotatable bonds is 5. The molecule has 2 heterocycles. The minimum Gasteiger partial charge on any atom is -0.355 e. The van der Waals surface area contributed by atoms with Crippen molar-refractivity contribution in [1.29, 1.82) is 0 Å². The van der Waals surface area contributed by atoms with Crippen LogP contribution in [0, 0.1) is 5.92 Å². The lowest BCUT2D eigenvalue weighted by atomic mass is 9.98. The first-order chi connectivity index (χ1) is 10.2. The van der Waals surface area contributed by atoms with Gasteiger partial charge in [-0.15, -0.1) is 0 Å². The molecule has 2 aliphatic heterocycles. The lowest BCUT2D eigenvalue weighted by Gasteiger charge is -2.36. The molecule has 1 atom stereocenters. The van der Waals surface area contributed by atoms with Gasteiger partial charge < -0.3 is 15.5 Å². The Morgan fingerprint density at radius 2 is 2.00 bits per heavy atom. The van der Waals surface area contributed by atoms with Gasteiger partial charge in [0.1, 0.15) is 0 Å². The summed E-state index contributed by atoms with van der Waals surface area (Å²) in [6, 6.07) is 0. The quantitative estimate of drug-likeness (QED) is 0.728. The summed E-state index contributed by atoms with van der Waals surface area (Å²) in [4.78, 5) is 28.2. The number of hydrogen-bond donors (Lipinski definition) is 2. The minimum atomic E-state index is 0.0908. The zero-order valence-electron chi connectivity index (χ0n) is 13.1. The number of carbonyl (C=O) groups excluding carboxylic acids is 2. The lowest BCUT2D eigenvalue weighted by Crippen LogP contribution is -2.53. The molecular formula is C15H28N4O2. The Labute approximate surface area is 127 Å². The number of piperazine rings is 1. The molecular weight excluding hydrogens is 268 g/mol. The first-order valence-corrected chi connectivity index (χ1v) is 8.19. The van der Waals surface area contributed by atoms with Gasteiger partial charge in [0, 0.05) is 39.3 Å². The van der Waals surface area contributed by atoms with Gasteiger partial charge in [-0.1, -0.05) is 6.92 Å². The van der Waals surface area contributed by atoms with E-state index in [0.717, 1.165) is 65.1 Å². The van der Waals surface area contributed by atoms with Crippen molar-refractivity contribution in [1.82, 2.24) is 20.4 Å². The lowest BCUT2D eigenvalue weighted by molar-refractivity contribution is -0.138. The van der Waals surface area contributed by atoms with Crippen molar-refractivity contribution >= 4 is 11.8 Å². The average Bonchev–Trinajstić information content (AvgIpc) is 2.54. The maximum absolute atomic E-state index is 12.4. The molecule has 2 fully saturated rings. The third-order valence-electron chi connectivity index (χ3n) is 4.27. The van der Waals surface area contributed by atoms with Gasteiger partial charge in [-0.25, -0.2) is 0 Å². The highest BCUT2D eigenvalue weighted by Crippen LogP contribution is 2.14. The SMILES string of the molecule is CCCNC(=O)CN1CCN(C(=O)C2CCCNC2)CC1. The molecule has 2 saturated heterocycles. The maximum Gasteiger partial charge on any atom is 0.234 e. The van der Waals surface area contributed by atoms with E-state index in [1.54, 1.807) is 0 Å². The average molecular weight is 296 g/mol. The fraction of sp³-hybridized carbons (Fsp3) is 0.867. The summed E-state index contributed by atoms with van der Waals surface area (Å²) < 4.78 is 0. The van der Waals surface area contributed by atoms with Crippen LogP contribution in [0.3, 0.4) is 0 Å². The van der Waals surface area contributed by atoms with E-state index in [1.165, 1.54) is 0 Å². The predicted molar refractivity (Wildman–Crippen MR) is 81.9 cm³/mol. The van der Waals surface area contributed by atoms with E-state index in [9.17, 15) is 9.59 Å². The molecule has 0 aromatic rings. The molecule has 0 spiro atoms. The van der Waals surface area contributed by atoms with E-state index in [0.29, 0.717) is 6.54 Å². The van der Waals surface area contributed by atoms with Crippen LogP contribution in [0.1, 0.15) is 26.2 Å². The van der Waals surface area contributed by atoms with Crippen molar-refractivity contribution in [2.45, 2.75) is 26.2 Å². The zero-order valence-corrected chi connectivity index (χ0v) is 13.1. The summed E-state index contributed by atoms with van der Waals surface area (Å²) in [6.45, 7) is 8.18. The normalized spacial score (nSPS) is 23.9. The number of amides is 2. The van der Waals surface area contributed by atoms with Gasteiger partial charge in [-0.3, -0.25) is 14.5 Å². The van der Waals surface area contributed by atoms with Crippen molar-refractivity contribution in [2.75, 3.05) is 52.4 Å². The number of nitrogens with one attached hydrogen (secondary N) is 2. The molecule has 6 nitrogen and oxygen atoms in total. The van der Waals surface area contributed by atoms with Crippen molar-refractivity contribution in [3.05, 3.63) is 0 Å². The second kappa shape index (κ2) is 8.34. The molecule has 2 amide bonds. The van der Waals surface area contributed by atoms with E-state index in [4.69, 9.17) is 0 Å². The largest absolute Gasteiger partial charge is 0.355 e. The molecule has 0 aliphatic carbocycles. The Hall–Kier alpha value is -1.14. The first kappa shape index (κ1) is 16.2. The van der Waals surface area contributed by atoms with Crippen LogP contribution in [0.4, 0.5) is 0 Å². The molecule has 120 valence electrons. The molecule has 21 heavy (non-hydrogen) atoms. The fourth-order valence-electron chi connectivity index (χ4n) is 2.97. The van der Waals surface area contributed by atoms with Crippen LogP contribution in [0.2, 0.25) is 0 Å². The molecule has 0 saturated carbocycles. The maximum atomic E-state index is 12.4. The molecule has 0 aromatic heterocycles. The molecule has 0 radical (unpaired) electrons. The van der Waals surface area contributed by atoms with Crippen LogP contribution in [0.5, 0.6) is 0 Å². The summed E-state index contributed by atoms with van der Waals surface area (Å²) in [5.74, 6) is 0.531. The van der Waals surface area contributed by atoms with E-state index < -0.39 is 0 Å². The van der Waals surface area contributed by atoms with Gasteiger partial charge in [-0.2, -0.15) is 0 Å². The van der Waals surface area contributed by atoms with Gasteiger partial charge in [0.2, 0.25) is 11.8 Å². The number of nitrogens with zero attached hydrogens (tertiary/aromatic N) is 2. The topological polar surface area (TPSA) is 64.7 Å². The summed E-state index contributed by atoms with van der Waals surface area (Å²) in [6.07, 6.45) is 3.06. The van der Waals surface area contributed by atoms with Crippen molar-refractivity contribution in [3.63, 3.8) is 0 Å². The summed E-state index contributed by atoms with van der Waals surface area (Å²) >= 11 is 0. The highest BCUT2D eigenvalue weighted by Gasteiger charge is 2.28. The highest BCUT2D eigenvalue weighted by molar-refractivity contribution is 5.79. The molecule has 0 aromatic carbocycles. The first-order valence-electron chi connectivity index (χ1n) is 8.19. The second-order valence-electron chi connectivity index (χ2n) is 5.99. The van der Waals surface area contributed by atoms with Gasteiger partial charge >= 0.3 is 0 Å². The monoisotopic (exact) mass is 296 g/mol. The summed E-state index contributed by atoms with van der Waals surface area (Å²) in [5, 5.41) is 6.19. The van der Waals surface area contributed by atoms with Crippen molar-refractivity contribution in [2.24, 2.45) is 5.92 Å². The second-order valence-corrected chi connectivity index (χ2v) is 5.99. The van der Waals surface area contributed by atoms with E-state index in [2.05, 4.69) is 15.5 Å². The smallest absolute Gasteiger partial charge is 0.234 e. The Bertz CT molecular complexity index is 348. The Kier molecular flexibility index (Phi) is 6.45. The number of hydrogen-bond acceptors (Lipinski definition) is 4. The van der Waals surface area contributed by atoms with Gasteiger partial charge in [0.05, 0.1) is 12.5 Å². The molecule has 1 unspecified atom stereocenters. The molecule has 2 N–H and O–H groups in total. The van der Waals surface area contributed by atoms with Crippen LogP contribution in [0.15, 0.2) is 0 Å². The molecule has 0 bridgehead atoms. The van der Waals surface area contributed by atoms with Gasteiger partial charge in [-0.05, 0) is 25.8 Å². The van der Waals surface area contributed by atoms with Gasteiger partial charge in [0.15, 0.2) is 0 Å². The Morgan fingerprint density at radius 1 is 1.24 bits per heavy atom. The minimum absolute atomic E-state index is 0.0908. The molecule has 2 rings (SSSR count). The fourth-order valence-corrected chi connectivity index (χ4v) is 2.97. The van der Waals surface area contributed by atoms with Crippen LogP contribution in [-0.4, -0.2) is 74.0 Å².